The molecule has 0 saturated heterocycles. The topological polar surface area (TPSA) is 82.8 Å². The second kappa shape index (κ2) is 11.2. The van der Waals surface area contributed by atoms with Gasteiger partial charge in [-0.3, -0.25) is 9.59 Å². The van der Waals surface area contributed by atoms with E-state index in [0.717, 1.165) is 16.7 Å². The van der Waals surface area contributed by atoms with Gasteiger partial charge in [-0.15, -0.1) is 0 Å². The fourth-order valence-electron chi connectivity index (χ4n) is 3.58. The van der Waals surface area contributed by atoms with E-state index in [9.17, 15) is 14.9 Å². The Kier molecular flexibility index (Phi) is 7.84. The fraction of sp³-hybridized carbons (Fsp3) is 0.103. The maximum Gasteiger partial charge on any atom is 0.237 e. The SMILES string of the molecule is CC(=O)c1ccc(NC(=O)C(C)Sc2nc(-c3ccccc3)cc(-c3ccc(Cl)cc3)c2C#N)cc1. The van der Waals surface area contributed by atoms with Crippen molar-refractivity contribution in [3.8, 4) is 28.5 Å². The van der Waals surface area contributed by atoms with E-state index in [1.165, 1.54) is 18.7 Å². The smallest absolute Gasteiger partial charge is 0.237 e. The Morgan fingerprint density at radius 3 is 2.25 bits per heavy atom. The van der Waals surface area contributed by atoms with Crippen molar-refractivity contribution in [2.45, 2.75) is 24.1 Å². The lowest BCUT2D eigenvalue weighted by Gasteiger charge is -2.16. The first-order chi connectivity index (χ1) is 17.4. The van der Waals surface area contributed by atoms with Crippen molar-refractivity contribution in [3.05, 3.63) is 101 Å². The lowest BCUT2D eigenvalue weighted by molar-refractivity contribution is -0.115. The number of thioether (sulfide) groups is 1. The first kappa shape index (κ1) is 25.2. The zero-order valence-electron chi connectivity index (χ0n) is 19.7. The summed E-state index contributed by atoms with van der Waals surface area (Å²) in [5, 5.41) is 13.5. The summed E-state index contributed by atoms with van der Waals surface area (Å²) in [6.07, 6.45) is 0. The van der Waals surface area contributed by atoms with Crippen LogP contribution in [0.3, 0.4) is 0 Å². The van der Waals surface area contributed by atoms with Gasteiger partial charge in [-0.1, -0.05) is 65.8 Å². The molecule has 0 aliphatic rings. The first-order valence-corrected chi connectivity index (χ1v) is 12.5. The molecular formula is C29H22ClN3O2S. The summed E-state index contributed by atoms with van der Waals surface area (Å²) in [6.45, 7) is 3.26. The Bertz CT molecular complexity index is 1450. The number of ketones is 1. The van der Waals surface area contributed by atoms with Gasteiger partial charge in [0.2, 0.25) is 5.91 Å². The van der Waals surface area contributed by atoms with Crippen LogP contribution in [0.15, 0.2) is 90.0 Å². The van der Waals surface area contributed by atoms with Crippen LogP contribution in [0.5, 0.6) is 0 Å². The number of pyridine rings is 1. The molecule has 0 bridgehead atoms. The van der Waals surface area contributed by atoms with Crippen molar-refractivity contribution in [1.82, 2.24) is 4.98 Å². The van der Waals surface area contributed by atoms with Crippen LogP contribution in [0.2, 0.25) is 5.02 Å². The molecule has 1 amide bonds. The molecular weight excluding hydrogens is 490 g/mol. The van der Waals surface area contributed by atoms with Gasteiger partial charge in [-0.2, -0.15) is 5.26 Å². The molecule has 1 aromatic heterocycles. The molecule has 0 saturated carbocycles. The average molecular weight is 512 g/mol. The number of halogens is 1. The lowest BCUT2D eigenvalue weighted by atomic mass is 9.99. The number of aromatic nitrogens is 1. The molecule has 7 heteroatoms. The van der Waals surface area contributed by atoms with E-state index in [2.05, 4.69) is 11.4 Å². The molecule has 0 aliphatic heterocycles. The van der Waals surface area contributed by atoms with E-state index in [1.54, 1.807) is 43.3 Å². The number of carbonyl (C=O) groups is 2. The van der Waals surface area contributed by atoms with E-state index in [1.807, 2.05) is 48.5 Å². The molecule has 1 atom stereocenters. The molecule has 36 heavy (non-hydrogen) atoms. The van der Waals surface area contributed by atoms with Crippen LogP contribution < -0.4 is 5.32 Å². The highest BCUT2D eigenvalue weighted by Crippen LogP contribution is 2.36. The van der Waals surface area contributed by atoms with Crippen molar-refractivity contribution in [1.29, 1.82) is 5.26 Å². The summed E-state index contributed by atoms with van der Waals surface area (Å²) < 4.78 is 0. The maximum absolute atomic E-state index is 13.0. The van der Waals surface area contributed by atoms with Gasteiger partial charge in [-0.05, 0) is 61.9 Å². The summed E-state index contributed by atoms with van der Waals surface area (Å²) in [4.78, 5) is 29.2. The predicted molar refractivity (Wildman–Crippen MR) is 145 cm³/mol. The van der Waals surface area contributed by atoms with Gasteiger partial charge in [0, 0.05) is 27.4 Å². The van der Waals surface area contributed by atoms with Gasteiger partial charge < -0.3 is 5.32 Å². The van der Waals surface area contributed by atoms with Gasteiger partial charge in [0.25, 0.3) is 0 Å². The van der Waals surface area contributed by atoms with Gasteiger partial charge in [0.15, 0.2) is 5.78 Å². The summed E-state index contributed by atoms with van der Waals surface area (Å²) in [6, 6.07) is 27.9. The standard InChI is InChI=1S/C29H22ClN3O2S/c1-18(34)20-10-14-24(15-11-20)32-28(35)19(2)36-29-26(17-31)25(21-8-12-23(30)13-9-21)16-27(33-29)22-6-4-3-5-7-22/h3-16,19H,1-2H3,(H,32,35). The van der Waals surface area contributed by atoms with Crippen molar-refractivity contribution in [2.75, 3.05) is 5.32 Å². The third-order valence-electron chi connectivity index (χ3n) is 5.54. The quantitative estimate of drug-likeness (QED) is 0.208. The zero-order chi connectivity index (χ0) is 25.7. The predicted octanol–water partition coefficient (Wildman–Crippen LogP) is 7.26. The number of carbonyl (C=O) groups excluding carboxylic acids is 2. The monoisotopic (exact) mass is 511 g/mol. The second-order valence-corrected chi connectivity index (χ2v) is 9.87. The molecule has 0 radical (unpaired) electrons. The number of amides is 1. The largest absolute Gasteiger partial charge is 0.325 e. The van der Waals surface area contributed by atoms with E-state index in [-0.39, 0.29) is 11.7 Å². The minimum atomic E-state index is -0.541. The Labute approximate surface area is 219 Å². The first-order valence-electron chi connectivity index (χ1n) is 11.2. The number of hydrogen-bond donors (Lipinski definition) is 1. The number of nitrogens with zero attached hydrogens (tertiary/aromatic N) is 2. The third-order valence-corrected chi connectivity index (χ3v) is 6.88. The molecule has 0 fully saturated rings. The van der Waals surface area contributed by atoms with Crippen molar-refractivity contribution >= 4 is 40.7 Å². The maximum atomic E-state index is 13.0. The molecule has 0 spiro atoms. The van der Waals surface area contributed by atoms with Crippen LogP contribution in [0.25, 0.3) is 22.4 Å². The van der Waals surface area contributed by atoms with Gasteiger partial charge in [-0.25, -0.2) is 4.98 Å². The van der Waals surface area contributed by atoms with Gasteiger partial charge >= 0.3 is 0 Å². The van der Waals surface area contributed by atoms with Crippen LogP contribution in [0.4, 0.5) is 5.69 Å². The van der Waals surface area contributed by atoms with Crippen LogP contribution >= 0.6 is 23.4 Å². The number of nitriles is 1. The summed E-state index contributed by atoms with van der Waals surface area (Å²) in [5.41, 5.74) is 4.72. The second-order valence-electron chi connectivity index (χ2n) is 8.10. The Morgan fingerprint density at radius 2 is 1.64 bits per heavy atom. The summed E-state index contributed by atoms with van der Waals surface area (Å²) >= 11 is 7.31. The van der Waals surface area contributed by atoms with E-state index < -0.39 is 5.25 Å². The number of benzene rings is 3. The Morgan fingerprint density at radius 1 is 0.972 bits per heavy atom. The zero-order valence-corrected chi connectivity index (χ0v) is 21.2. The lowest BCUT2D eigenvalue weighted by Crippen LogP contribution is -2.22. The van der Waals surface area contributed by atoms with E-state index in [4.69, 9.17) is 16.6 Å². The molecule has 0 aliphatic carbocycles. The molecule has 1 unspecified atom stereocenters. The number of rotatable bonds is 7. The van der Waals surface area contributed by atoms with Gasteiger partial charge in [0.05, 0.1) is 16.5 Å². The molecule has 1 heterocycles. The van der Waals surface area contributed by atoms with Crippen LogP contribution in [0.1, 0.15) is 29.8 Å². The molecule has 4 aromatic rings. The number of anilines is 1. The van der Waals surface area contributed by atoms with E-state index in [0.29, 0.717) is 32.6 Å². The van der Waals surface area contributed by atoms with Gasteiger partial charge in [0.1, 0.15) is 11.1 Å². The Balaban J connectivity index is 1.68. The summed E-state index contributed by atoms with van der Waals surface area (Å²) in [7, 11) is 0. The third kappa shape index (κ3) is 5.83. The number of hydrogen-bond acceptors (Lipinski definition) is 5. The Hall–Kier alpha value is -3.92. The highest BCUT2D eigenvalue weighted by Gasteiger charge is 2.21. The van der Waals surface area contributed by atoms with Crippen LogP contribution in [-0.2, 0) is 4.79 Å². The highest BCUT2D eigenvalue weighted by atomic mass is 35.5. The van der Waals surface area contributed by atoms with Crippen molar-refractivity contribution in [2.24, 2.45) is 0 Å². The summed E-state index contributed by atoms with van der Waals surface area (Å²) in [5.74, 6) is -0.277. The molecule has 1 N–H and O–H groups in total. The molecule has 3 aromatic carbocycles. The molecule has 178 valence electrons. The van der Waals surface area contributed by atoms with Crippen LogP contribution in [-0.4, -0.2) is 21.9 Å². The van der Waals surface area contributed by atoms with Crippen molar-refractivity contribution in [3.63, 3.8) is 0 Å². The van der Waals surface area contributed by atoms with Crippen LogP contribution in [0, 0.1) is 11.3 Å². The van der Waals surface area contributed by atoms with E-state index >= 15 is 0 Å². The normalized spacial score (nSPS) is 11.4. The minimum Gasteiger partial charge on any atom is -0.325 e. The average Bonchev–Trinajstić information content (AvgIpc) is 2.89. The number of Topliss-reactive ketones (excluding diaryl/α,β-unsaturated/α-hetero) is 1. The molecule has 4 rings (SSSR count). The molecule has 5 nitrogen and oxygen atoms in total. The van der Waals surface area contributed by atoms with Crippen molar-refractivity contribution < 1.29 is 9.59 Å². The highest BCUT2D eigenvalue weighted by molar-refractivity contribution is 8.00. The fourth-order valence-corrected chi connectivity index (χ4v) is 4.63. The number of nitrogens with one attached hydrogen (secondary N) is 1. The minimum absolute atomic E-state index is 0.0401.